The van der Waals surface area contributed by atoms with E-state index in [0.717, 1.165) is 5.56 Å². The van der Waals surface area contributed by atoms with Crippen molar-refractivity contribution in [3.05, 3.63) is 52.0 Å². The molecule has 2 N–H and O–H groups in total. The van der Waals surface area contributed by atoms with E-state index in [9.17, 15) is 14.3 Å². The number of rotatable bonds is 6. The SMILES string of the molecule is COc1ccc(F)cc1C(NC(=O)Cc1ccsc1)C1CC(O)C1. The molecule has 128 valence electrons. The first-order valence-electron chi connectivity index (χ1n) is 7.88. The highest BCUT2D eigenvalue weighted by molar-refractivity contribution is 7.07. The maximum absolute atomic E-state index is 13.7. The summed E-state index contributed by atoms with van der Waals surface area (Å²) in [6.45, 7) is 0. The second-order valence-corrected chi connectivity index (χ2v) is 6.91. The number of nitrogens with one attached hydrogen (secondary N) is 1. The zero-order chi connectivity index (χ0) is 17.1. The van der Waals surface area contributed by atoms with E-state index in [1.165, 1.54) is 19.2 Å². The number of thiophene rings is 1. The van der Waals surface area contributed by atoms with Crippen LogP contribution < -0.4 is 10.1 Å². The number of halogens is 1. The van der Waals surface area contributed by atoms with Gasteiger partial charge in [0, 0.05) is 5.56 Å². The molecule has 1 heterocycles. The summed E-state index contributed by atoms with van der Waals surface area (Å²) in [7, 11) is 1.52. The van der Waals surface area contributed by atoms with Crippen LogP contribution in [0, 0.1) is 11.7 Å². The molecule has 2 aromatic rings. The Bertz CT molecular complexity index is 698. The molecule has 24 heavy (non-hydrogen) atoms. The third kappa shape index (κ3) is 3.76. The van der Waals surface area contributed by atoms with Crippen LogP contribution in [0.15, 0.2) is 35.0 Å². The van der Waals surface area contributed by atoms with Crippen molar-refractivity contribution in [2.45, 2.75) is 31.4 Å². The van der Waals surface area contributed by atoms with E-state index < -0.39 is 0 Å². The average Bonchev–Trinajstić information content (AvgIpc) is 3.02. The van der Waals surface area contributed by atoms with Crippen molar-refractivity contribution in [3.63, 3.8) is 0 Å². The average molecular weight is 349 g/mol. The minimum absolute atomic E-state index is 0.0714. The number of carbonyl (C=O) groups is 1. The van der Waals surface area contributed by atoms with Crippen molar-refractivity contribution in [1.29, 1.82) is 0 Å². The summed E-state index contributed by atoms with van der Waals surface area (Å²) in [5.74, 6) is 0.120. The molecule has 0 spiro atoms. The summed E-state index contributed by atoms with van der Waals surface area (Å²) in [5.41, 5.74) is 1.57. The molecular weight excluding hydrogens is 329 g/mol. The van der Waals surface area contributed by atoms with Gasteiger partial charge in [-0.15, -0.1) is 0 Å². The molecule has 0 saturated heterocycles. The van der Waals surface area contributed by atoms with E-state index in [2.05, 4.69) is 5.32 Å². The topological polar surface area (TPSA) is 58.6 Å². The van der Waals surface area contributed by atoms with Gasteiger partial charge in [-0.05, 0) is 59.3 Å². The number of benzene rings is 1. The van der Waals surface area contributed by atoms with Crippen molar-refractivity contribution >= 4 is 17.2 Å². The van der Waals surface area contributed by atoms with Crippen molar-refractivity contribution in [2.75, 3.05) is 7.11 Å². The van der Waals surface area contributed by atoms with Gasteiger partial charge in [0.2, 0.25) is 5.91 Å². The van der Waals surface area contributed by atoms with E-state index in [-0.39, 0.29) is 36.2 Å². The fraction of sp³-hybridized carbons (Fsp3) is 0.389. The number of methoxy groups -OCH3 is 1. The molecule has 0 bridgehead atoms. The van der Waals surface area contributed by atoms with Crippen LogP contribution in [0.2, 0.25) is 0 Å². The molecule has 1 unspecified atom stereocenters. The van der Waals surface area contributed by atoms with Crippen molar-refractivity contribution < 1.29 is 19.0 Å². The van der Waals surface area contributed by atoms with Gasteiger partial charge in [-0.3, -0.25) is 4.79 Å². The summed E-state index contributed by atoms with van der Waals surface area (Å²) >= 11 is 1.54. The number of hydrogen-bond acceptors (Lipinski definition) is 4. The molecule has 1 aliphatic rings. The van der Waals surface area contributed by atoms with E-state index >= 15 is 0 Å². The zero-order valence-electron chi connectivity index (χ0n) is 13.4. The van der Waals surface area contributed by atoms with Crippen molar-refractivity contribution in [1.82, 2.24) is 5.32 Å². The fourth-order valence-corrected chi connectivity index (χ4v) is 3.77. The molecule has 1 amide bonds. The third-order valence-corrected chi connectivity index (χ3v) is 5.14. The van der Waals surface area contributed by atoms with Gasteiger partial charge in [0.1, 0.15) is 11.6 Å². The second kappa shape index (κ2) is 7.32. The molecule has 0 radical (unpaired) electrons. The minimum Gasteiger partial charge on any atom is -0.496 e. The first kappa shape index (κ1) is 16.9. The quantitative estimate of drug-likeness (QED) is 0.843. The molecule has 0 aliphatic heterocycles. The van der Waals surface area contributed by atoms with Crippen molar-refractivity contribution in [2.24, 2.45) is 5.92 Å². The van der Waals surface area contributed by atoms with Gasteiger partial charge in [0.15, 0.2) is 0 Å². The molecule has 1 atom stereocenters. The van der Waals surface area contributed by atoms with Crippen LogP contribution in [0.3, 0.4) is 0 Å². The van der Waals surface area contributed by atoms with Gasteiger partial charge in [-0.25, -0.2) is 4.39 Å². The van der Waals surface area contributed by atoms with Crippen LogP contribution in [0.25, 0.3) is 0 Å². The Morgan fingerprint density at radius 1 is 1.46 bits per heavy atom. The highest BCUT2D eigenvalue weighted by atomic mass is 32.1. The van der Waals surface area contributed by atoms with Crippen molar-refractivity contribution in [3.8, 4) is 5.75 Å². The zero-order valence-corrected chi connectivity index (χ0v) is 14.2. The van der Waals surface area contributed by atoms with Gasteiger partial charge in [-0.1, -0.05) is 0 Å². The van der Waals surface area contributed by atoms with Crippen LogP contribution in [-0.4, -0.2) is 24.2 Å². The van der Waals surface area contributed by atoms with E-state index in [1.54, 1.807) is 17.4 Å². The Balaban J connectivity index is 1.81. The number of hydrogen-bond donors (Lipinski definition) is 2. The largest absolute Gasteiger partial charge is 0.496 e. The molecule has 1 saturated carbocycles. The summed E-state index contributed by atoms with van der Waals surface area (Å²) in [6.07, 6.45) is 1.10. The first-order chi connectivity index (χ1) is 11.6. The Hall–Kier alpha value is -1.92. The Morgan fingerprint density at radius 2 is 2.25 bits per heavy atom. The van der Waals surface area contributed by atoms with Crippen LogP contribution in [0.4, 0.5) is 4.39 Å². The van der Waals surface area contributed by atoms with E-state index in [1.807, 2.05) is 16.8 Å². The smallest absolute Gasteiger partial charge is 0.224 e. The maximum Gasteiger partial charge on any atom is 0.224 e. The summed E-state index contributed by atoms with van der Waals surface area (Å²) in [6, 6.07) is 5.85. The summed E-state index contributed by atoms with van der Waals surface area (Å²) < 4.78 is 19.1. The highest BCUT2D eigenvalue weighted by Gasteiger charge is 2.37. The van der Waals surface area contributed by atoms with Gasteiger partial charge in [-0.2, -0.15) is 11.3 Å². The van der Waals surface area contributed by atoms with Crippen LogP contribution in [-0.2, 0) is 11.2 Å². The predicted molar refractivity (Wildman–Crippen MR) is 90.6 cm³/mol. The molecule has 3 rings (SSSR count). The lowest BCUT2D eigenvalue weighted by molar-refractivity contribution is -0.122. The van der Waals surface area contributed by atoms with Crippen LogP contribution in [0.5, 0.6) is 5.75 Å². The number of carbonyl (C=O) groups excluding carboxylic acids is 1. The van der Waals surface area contributed by atoms with Gasteiger partial charge in [0.25, 0.3) is 0 Å². The molecule has 6 heteroatoms. The number of ether oxygens (including phenoxy) is 1. The molecule has 4 nitrogen and oxygen atoms in total. The molecular formula is C18H20FNO3S. The lowest BCUT2D eigenvalue weighted by Gasteiger charge is -2.38. The van der Waals surface area contributed by atoms with Crippen LogP contribution >= 0.6 is 11.3 Å². The van der Waals surface area contributed by atoms with E-state index in [4.69, 9.17) is 4.74 Å². The number of aliphatic hydroxyl groups excluding tert-OH is 1. The fourth-order valence-electron chi connectivity index (χ4n) is 3.10. The first-order valence-corrected chi connectivity index (χ1v) is 8.83. The molecule has 1 aromatic carbocycles. The molecule has 1 fully saturated rings. The number of amides is 1. The highest BCUT2D eigenvalue weighted by Crippen LogP contribution is 2.41. The van der Waals surface area contributed by atoms with E-state index in [0.29, 0.717) is 24.2 Å². The van der Waals surface area contributed by atoms with Crippen LogP contribution in [0.1, 0.15) is 30.0 Å². The Labute approximate surface area is 144 Å². The predicted octanol–water partition coefficient (Wildman–Crippen LogP) is 3.07. The lowest BCUT2D eigenvalue weighted by atomic mass is 9.74. The molecule has 1 aliphatic carbocycles. The lowest BCUT2D eigenvalue weighted by Crippen LogP contribution is -2.42. The van der Waals surface area contributed by atoms with Gasteiger partial charge < -0.3 is 15.2 Å². The van der Waals surface area contributed by atoms with Gasteiger partial charge in [0.05, 0.1) is 25.7 Å². The molecule has 1 aromatic heterocycles. The standard InChI is InChI=1S/C18H20FNO3S/c1-23-16-3-2-13(19)9-15(16)18(12-7-14(21)8-12)20-17(22)6-11-4-5-24-10-11/h2-5,9-10,12,14,18,21H,6-8H2,1H3,(H,20,22). The Kier molecular flexibility index (Phi) is 5.16. The summed E-state index contributed by atoms with van der Waals surface area (Å²) in [4.78, 5) is 12.4. The Morgan fingerprint density at radius 3 is 2.88 bits per heavy atom. The number of aliphatic hydroxyl groups is 1. The second-order valence-electron chi connectivity index (χ2n) is 6.13. The monoisotopic (exact) mass is 349 g/mol. The maximum atomic E-state index is 13.7. The normalized spacial score (nSPS) is 21.0. The minimum atomic E-state index is -0.372. The third-order valence-electron chi connectivity index (χ3n) is 4.41. The summed E-state index contributed by atoms with van der Waals surface area (Å²) in [5, 5.41) is 16.5. The van der Waals surface area contributed by atoms with Gasteiger partial charge >= 0.3 is 0 Å².